The lowest BCUT2D eigenvalue weighted by Crippen LogP contribution is -2.48. The number of carbonyl (C=O) groups is 1. The van der Waals surface area contributed by atoms with Gasteiger partial charge in [-0.1, -0.05) is 6.07 Å². The molecule has 4 rings (SSSR count). The van der Waals surface area contributed by atoms with Gasteiger partial charge in [0.05, 0.1) is 25.1 Å². The summed E-state index contributed by atoms with van der Waals surface area (Å²) < 4.78 is 20.7. The molecule has 2 heterocycles. The predicted octanol–water partition coefficient (Wildman–Crippen LogP) is 2.27. The van der Waals surface area contributed by atoms with Crippen molar-refractivity contribution in [3.8, 4) is 5.69 Å². The predicted molar refractivity (Wildman–Crippen MR) is 98.9 cm³/mol. The van der Waals surface area contributed by atoms with Crippen molar-refractivity contribution in [3.63, 3.8) is 0 Å². The molecule has 1 aromatic heterocycles. The third-order valence-electron chi connectivity index (χ3n) is 5.34. The van der Waals surface area contributed by atoms with E-state index < -0.39 is 0 Å². The van der Waals surface area contributed by atoms with Gasteiger partial charge in [0.15, 0.2) is 0 Å². The number of rotatable bonds is 6. The van der Waals surface area contributed by atoms with E-state index in [1.807, 2.05) is 12.3 Å². The van der Waals surface area contributed by atoms with Crippen LogP contribution in [-0.2, 0) is 16.1 Å². The second-order valence-corrected chi connectivity index (χ2v) is 7.37. The Balaban J connectivity index is 1.38. The average Bonchev–Trinajstić information content (AvgIpc) is 3.09. The maximum absolute atomic E-state index is 13.4. The molecule has 0 bridgehead atoms. The van der Waals surface area contributed by atoms with Crippen LogP contribution in [0.2, 0.25) is 0 Å². The van der Waals surface area contributed by atoms with Crippen molar-refractivity contribution in [2.75, 3.05) is 19.8 Å². The van der Waals surface area contributed by atoms with Gasteiger partial charge in [0, 0.05) is 43.4 Å². The fourth-order valence-corrected chi connectivity index (χ4v) is 3.57. The monoisotopic (exact) mass is 372 g/mol. The summed E-state index contributed by atoms with van der Waals surface area (Å²) in [5.74, 6) is -0.175. The maximum atomic E-state index is 13.4. The standard InChI is InChI=1S/C20H25FN4O2/c21-16-3-1-6-18(9-16)25-13-15(11-22-25)12-24-7-8-27-14-19(24)10-20(26)23-17-4-2-5-17/h1,3,6,9,11,13,17,19H,2,4-5,7-8,10,12,14H2,(H,23,26). The number of ether oxygens (including phenoxy) is 1. The Morgan fingerprint density at radius 1 is 1.37 bits per heavy atom. The van der Waals surface area contributed by atoms with Crippen LogP contribution < -0.4 is 5.32 Å². The number of aromatic nitrogens is 2. The maximum Gasteiger partial charge on any atom is 0.221 e. The van der Waals surface area contributed by atoms with Crippen molar-refractivity contribution in [1.82, 2.24) is 20.0 Å². The van der Waals surface area contributed by atoms with Crippen LogP contribution in [0.5, 0.6) is 0 Å². The smallest absolute Gasteiger partial charge is 0.221 e. The Hall–Kier alpha value is -2.25. The van der Waals surface area contributed by atoms with Gasteiger partial charge < -0.3 is 10.1 Å². The van der Waals surface area contributed by atoms with Crippen molar-refractivity contribution in [2.45, 2.75) is 44.3 Å². The van der Waals surface area contributed by atoms with E-state index >= 15 is 0 Å². The molecule has 2 fully saturated rings. The Morgan fingerprint density at radius 3 is 3.04 bits per heavy atom. The van der Waals surface area contributed by atoms with Crippen molar-refractivity contribution in [3.05, 3.63) is 48.0 Å². The third kappa shape index (κ3) is 4.54. The van der Waals surface area contributed by atoms with Gasteiger partial charge in [0.25, 0.3) is 0 Å². The van der Waals surface area contributed by atoms with Crippen molar-refractivity contribution < 1.29 is 13.9 Å². The topological polar surface area (TPSA) is 59.4 Å². The van der Waals surface area contributed by atoms with Crippen LogP contribution in [-0.4, -0.2) is 52.4 Å². The van der Waals surface area contributed by atoms with Gasteiger partial charge in [-0.05, 0) is 37.5 Å². The first kappa shape index (κ1) is 18.1. The molecule has 1 saturated heterocycles. The van der Waals surface area contributed by atoms with Crippen molar-refractivity contribution in [1.29, 1.82) is 0 Å². The average molecular weight is 372 g/mol. The van der Waals surface area contributed by atoms with Crippen LogP contribution in [0.15, 0.2) is 36.7 Å². The number of nitrogens with one attached hydrogen (secondary N) is 1. The number of morpholine rings is 1. The van der Waals surface area contributed by atoms with Crippen molar-refractivity contribution in [2.24, 2.45) is 0 Å². The van der Waals surface area contributed by atoms with Crippen LogP contribution >= 0.6 is 0 Å². The first-order valence-corrected chi connectivity index (χ1v) is 9.58. The number of amides is 1. The second-order valence-electron chi connectivity index (χ2n) is 7.37. The minimum atomic E-state index is -0.282. The summed E-state index contributed by atoms with van der Waals surface area (Å²) in [6.45, 7) is 2.71. The van der Waals surface area contributed by atoms with Crippen LogP contribution in [0.25, 0.3) is 5.69 Å². The molecule has 6 nitrogen and oxygen atoms in total. The van der Waals surface area contributed by atoms with E-state index in [2.05, 4.69) is 15.3 Å². The molecule has 1 aromatic carbocycles. The van der Waals surface area contributed by atoms with E-state index in [1.54, 1.807) is 16.9 Å². The fourth-order valence-electron chi connectivity index (χ4n) is 3.57. The lowest BCUT2D eigenvalue weighted by atomic mass is 9.93. The first-order chi connectivity index (χ1) is 13.2. The second kappa shape index (κ2) is 8.19. The highest BCUT2D eigenvalue weighted by Crippen LogP contribution is 2.20. The summed E-state index contributed by atoms with van der Waals surface area (Å²) in [6.07, 6.45) is 7.56. The lowest BCUT2D eigenvalue weighted by Gasteiger charge is -2.35. The van der Waals surface area contributed by atoms with Crippen LogP contribution in [0.1, 0.15) is 31.2 Å². The van der Waals surface area contributed by atoms with E-state index in [0.29, 0.717) is 37.9 Å². The summed E-state index contributed by atoms with van der Waals surface area (Å²) in [6, 6.07) is 6.80. The first-order valence-electron chi connectivity index (χ1n) is 9.58. The van der Waals surface area contributed by atoms with Crippen LogP contribution in [0, 0.1) is 5.82 Å². The number of nitrogens with zero attached hydrogens (tertiary/aromatic N) is 3. The Morgan fingerprint density at radius 2 is 2.26 bits per heavy atom. The molecule has 1 aliphatic heterocycles. The van der Waals surface area contributed by atoms with Gasteiger partial charge in [-0.3, -0.25) is 9.69 Å². The zero-order valence-electron chi connectivity index (χ0n) is 15.3. The molecule has 1 saturated carbocycles. The molecule has 2 aromatic rings. The van der Waals surface area contributed by atoms with Gasteiger partial charge in [0.2, 0.25) is 5.91 Å². The van der Waals surface area contributed by atoms with Gasteiger partial charge in [-0.2, -0.15) is 5.10 Å². The molecule has 2 aliphatic rings. The van der Waals surface area contributed by atoms with Gasteiger partial charge in [-0.15, -0.1) is 0 Å². The number of carbonyl (C=O) groups excluding carboxylic acids is 1. The summed E-state index contributed by atoms with van der Waals surface area (Å²) in [7, 11) is 0. The van der Waals surface area contributed by atoms with Gasteiger partial charge in [0.1, 0.15) is 5.82 Å². The Kier molecular flexibility index (Phi) is 5.50. The molecular weight excluding hydrogens is 347 g/mol. The number of hydrogen-bond donors (Lipinski definition) is 1. The fraction of sp³-hybridized carbons (Fsp3) is 0.500. The van der Waals surface area contributed by atoms with E-state index in [9.17, 15) is 9.18 Å². The SMILES string of the molecule is O=C(CC1COCCN1Cc1cnn(-c2cccc(F)c2)c1)NC1CCC1. The van der Waals surface area contributed by atoms with E-state index in [1.165, 1.54) is 18.6 Å². The summed E-state index contributed by atoms with van der Waals surface area (Å²) in [5, 5.41) is 7.46. The highest BCUT2D eigenvalue weighted by atomic mass is 19.1. The zero-order chi connectivity index (χ0) is 18.6. The minimum Gasteiger partial charge on any atom is -0.378 e. The molecule has 0 spiro atoms. The van der Waals surface area contributed by atoms with E-state index in [-0.39, 0.29) is 17.8 Å². The van der Waals surface area contributed by atoms with Gasteiger partial charge in [-0.25, -0.2) is 9.07 Å². The largest absolute Gasteiger partial charge is 0.378 e. The summed E-state index contributed by atoms with van der Waals surface area (Å²) in [5.41, 5.74) is 1.73. The quantitative estimate of drug-likeness (QED) is 0.845. The molecule has 1 aliphatic carbocycles. The molecular formula is C20H25FN4O2. The third-order valence-corrected chi connectivity index (χ3v) is 5.34. The molecule has 1 unspecified atom stereocenters. The molecule has 1 atom stereocenters. The number of hydrogen-bond acceptors (Lipinski definition) is 4. The molecule has 1 N–H and O–H groups in total. The highest BCUT2D eigenvalue weighted by Gasteiger charge is 2.27. The van der Waals surface area contributed by atoms with Crippen LogP contribution in [0.3, 0.4) is 0 Å². The lowest BCUT2D eigenvalue weighted by molar-refractivity contribution is -0.125. The highest BCUT2D eigenvalue weighted by molar-refractivity contribution is 5.77. The number of halogens is 1. The van der Waals surface area contributed by atoms with Crippen LogP contribution in [0.4, 0.5) is 4.39 Å². The van der Waals surface area contributed by atoms with Gasteiger partial charge >= 0.3 is 0 Å². The van der Waals surface area contributed by atoms with E-state index in [0.717, 1.165) is 24.9 Å². The normalized spacial score (nSPS) is 21.0. The minimum absolute atomic E-state index is 0.0661. The molecule has 144 valence electrons. The summed E-state index contributed by atoms with van der Waals surface area (Å²) in [4.78, 5) is 14.6. The Labute approximate surface area is 158 Å². The molecule has 1 amide bonds. The van der Waals surface area contributed by atoms with E-state index in [4.69, 9.17) is 4.74 Å². The molecule has 27 heavy (non-hydrogen) atoms. The van der Waals surface area contributed by atoms with Crippen molar-refractivity contribution >= 4 is 5.91 Å². The Bertz CT molecular complexity index is 790. The number of benzene rings is 1. The zero-order valence-corrected chi connectivity index (χ0v) is 15.3. The molecule has 0 radical (unpaired) electrons. The summed E-state index contributed by atoms with van der Waals surface area (Å²) >= 11 is 0. The molecule has 7 heteroatoms.